The van der Waals surface area contributed by atoms with Gasteiger partial charge in [-0.1, -0.05) is 30.3 Å². The summed E-state index contributed by atoms with van der Waals surface area (Å²) in [5.41, 5.74) is 2.79. The maximum absolute atomic E-state index is 11.8. The molecule has 4 heterocycles. The number of hydrogen-bond acceptors (Lipinski definition) is 9. The molecule has 0 radical (unpaired) electrons. The molecule has 2 aromatic carbocycles. The molecule has 2 aromatic heterocycles. The first kappa shape index (κ1) is 21.9. The molecule has 0 amide bonds. The molecule has 0 aliphatic carbocycles. The van der Waals surface area contributed by atoms with Crippen LogP contribution in [0.2, 0.25) is 0 Å². The van der Waals surface area contributed by atoms with Crippen LogP contribution < -0.4 is 10.2 Å². The molecule has 4 aromatic rings. The first-order chi connectivity index (χ1) is 17.2. The van der Waals surface area contributed by atoms with Gasteiger partial charge in [-0.15, -0.1) is 0 Å². The Morgan fingerprint density at radius 1 is 1.17 bits per heavy atom. The van der Waals surface area contributed by atoms with Gasteiger partial charge in [0.15, 0.2) is 29.5 Å². The second-order valence-corrected chi connectivity index (χ2v) is 9.10. The quantitative estimate of drug-likeness (QED) is 0.360. The molecular weight excluding hydrogens is 448 g/mol. The molecule has 35 heavy (non-hydrogen) atoms. The largest absolute Gasteiger partial charge is 0.394 e. The highest BCUT2D eigenvalue weighted by Crippen LogP contribution is 2.34. The van der Waals surface area contributed by atoms with Gasteiger partial charge >= 0.3 is 0 Å². The lowest BCUT2D eigenvalue weighted by atomic mass is 10.0. The van der Waals surface area contributed by atoms with Crippen LogP contribution in [-0.2, 0) is 4.74 Å². The maximum Gasteiger partial charge on any atom is 0.167 e. The van der Waals surface area contributed by atoms with E-state index in [9.17, 15) is 15.0 Å². The van der Waals surface area contributed by atoms with Gasteiger partial charge in [-0.25, -0.2) is 15.0 Å². The Hall–Kier alpha value is -3.60. The van der Waals surface area contributed by atoms with Crippen molar-refractivity contribution >= 4 is 39.7 Å². The topological polar surface area (TPSA) is 126 Å². The minimum Gasteiger partial charge on any atom is -0.394 e. The van der Waals surface area contributed by atoms with Gasteiger partial charge in [0.25, 0.3) is 0 Å². The van der Waals surface area contributed by atoms with Gasteiger partial charge in [0.1, 0.15) is 12.4 Å². The number of aromatic nitrogens is 4. The van der Waals surface area contributed by atoms with Gasteiger partial charge in [0.2, 0.25) is 0 Å². The summed E-state index contributed by atoms with van der Waals surface area (Å²) < 4.78 is 7.47. The van der Waals surface area contributed by atoms with E-state index in [0.29, 0.717) is 35.5 Å². The molecular formula is C25H26N6O4. The lowest BCUT2D eigenvalue weighted by molar-refractivity contribution is -0.0486. The first-order valence-corrected chi connectivity index (χ1v) is 11.8. The second-order valence-electron chi connectivity index (χ2n) is 9.10. The van der Waals surface area contributed by atoms with Crippen molar-refractivity contribution in [1.82, 2.24) is 19.5 Å². The molecule has 0 bridgehead atoms. The third-order valence-electron chi connectivity index (χ3n) is 6.91. The van der Waals surface area contributed by atoms with Gasteiger partial charge in [-0.3, -0.25) is 9.36 Å². The van der Waals surface area contributed by atoms with Crippen LogP contribution in [0.15, 0.2) is 49.1 Å². The highest BCUT2D eigenvalue weighted by atomic mass is 16.5. The molecule has 1 unspecified atom stereocenters. The molecule has 2 saturated heterocycles. The van der Waals surface area contributed by atoms with Crippen LogP contribution in [-0.4, -0.2) is 74.0 Å². The highest BCUT2D eigenvalue weighted by molar-refractivity contribution is 6.02. The number of carbonyl (C=O) groups excluding carboxylic acids is 1. The number of nitrogens with zero attached hydrogens (tertiary/aromatic N) is 5. The summed E-state index contributed by atoms with van der Waals surface area (Å²) in [6.45, 7) is 1.37. The molecule has 10 heteroatoms. The van der Waals surface area contributed by atoms with E-state index in [-0.39, 0.29) is 12.6 Å². The zero-order valence-corrected chi connectivity index (χ0v) is 19.0. The second kappa shape index (κ2) is 8.88. The fraction of sp³-hybridized carbons (Fsp3) is 0.360. The van der Waals surface area contributed by atoms with Crippen molar-refractivity contribution in [3.63, 3.8) is 0 Å². The average Bonchev–Trinajstić information content (AvgIpc) is 3.62. The number of benzene rings is 2. The SMILES string of the molecule is O=Cc1ccc2ccccc2c1N1CCC(Nc2ncnc3c2ncn3[C@@H]2O[C@H](CO)C[C@H]2O)C1. The summed E-state index contributed by atoms with van der Waals surface area (Å²) in [6, 6.07) is 12.1. The molecule has 0 saturated carbocycles. The van der Waals surface area contributed by atoms with Crippen LogP contribution in [0.3, 0.4) is 0 Å². The summed E-state index contributed by atoms with van der Waals surface area (Å²) in [5, 5.41) is 25.5. The van der Waals surface area contributed by atoms with Crippen LogP contribution in [0.5, 0.6) is 0 Å². The van der Waals surface area contributed by atoms with Crippen molar-refractivity contribution in [3.05, 3.63) is 54.6 Å². The Balaban J connectivity index is 1.25. The summed E-state index contributed by atoms with van der Waals surface area (Å²) in [4.78, 5) is 27.4. The molecule has 2 fully saturated rings. The number of fused-ring (bicyclic) bond motifs is 2. The van der Waals surface area contributed by atoms with Crippen LogP contribution in [0.4, 0.5) is 11.5 Å². The molecule has 0 spiro atoms. The lowest BCUT2D eigenvalue weighted by Gasteiger charge is -2.23. The van der Waals surface area contributed by atoms with E-state index in [1.165, 1.54) is 6.33 Å². The van der Waals surface area contributed by atoms with Crippen LogP contribution >= 0.6 is 0 Å². The molecule has 4 atom stereocenters. The number of ether oxygens (including phenoxy) is 1. The number of carbonyl (C=O) groups is 1. The molecule has 2 aliphatic rings. The number of aliphatic hydroxyl groups excluding tert-OH is 2. The van der Waals surface area contributed by atoms with Gasteiger partial charge in [0, 0.05) is 36.5 Å². The predicted octanol–water partition coefficient (Wildman–Crippen LogP) is 2.12. The summed E-state index contributed by atoms with van der Waals surface area (Å²) in [7, 11) is 0. The summed E-state index contributed by atoms with van der Waals surface area (Å²) in [6.07, 6.45) is 3.37. The smallest absolute Gasteiger partial charge is 0.167 e. The molecule has 3 N–H and O–H groups in total. The molecule has 6 rings (SSSR count). The fourth-order valence-corrected chi connectivity index (χ4v) is 5.24. The number of hydrogen-bond donors (Lipinski definition) is 3. The van der Waals surface area contributed by atoms with E-state index >= 15 is 0 Å². The molecule has 2 aliphatic heterocycles. The normalized spacial score (nSPS) is 24.5. The average molecular weight is 475 g/mol. The predicted molar refractivity (Wildman–Crippen MR) is 131 cm³/mol. The Morgan fingerprint density at radius 2 is 2.06 bits per heavy atom. The van der Waals surface area contributed by atoms with Crippen LogP contribution in [0, 0.1) is 0 Å². The van der Waals surface area contributed by atoms with Gasteiger partial charge in [-0.2, -0.15) is 0 Å². The van der Waals surface area contributed by atoms with Gasteiger partial charge < -0.3 is 25.2 Å². The van der Waals surface area contributed by atoms with E-state index in [0.717, 1.165) is 35.7 Å². The minimum atomic E-state index is -0.757. The number of imidazole rings is 1. The Morgan fingerprint density at radius 3 is 2.89 bits per heavy atom. The lowest BCUT2D eigenvalue weighted by Crippen LogP contribution is -2.27. The number of aldehydes is 1. The number of aliphatic hydroxyl groups is 2. The number of nitrogens with one attached hydrogen (secondary N) is 1. The van der Waals surface area contributed by atoms with Crippen molar-refractivity contribution in [1.29, 1.82) is 0 Å². The van der Waals surface area contributed by atoms with E-state index in [1.807, 2.05) is 24.3 Å². The third kappa shape index (κ3) is 3.79. The number of anilines is 2. The monoisotopic (exact) mass is 474 g/mol. The minimum absolute atomic E-state index is 0.101. The molecule has 10 nitrogen and oxygen atoms in total. The van der Waals surface area contributed by atoms with Crippen molar-refractivity contribution in [2.45, 2.75) is 37.3 Å². The standard InChI is InChI=1S/C25H26N6O4/c32-11-16-6-5-15-3-1-2-4-19(15)22(16)30-8-7-17(10-30)29-23-21-24(27-13-26-23)31(14-28-21)25-20(34)9-18(12-33)35-25/h1-6,11,13-14,17-18,20,25,33-34H,7-10,12H2,(H,26,27,29)/t17?,18-,20+,25+/m0/s1. The first-order valence-electron chi connectivity index (χ1n) is 11.8. The van der Waals surface area contributed by atoms with E-state index < -0.39 is 18.4 Å². The van der Waals surface area contributed by atoms with E-state index in [1.54, 1.807) is 10.9 Å². The van der Waals surface area contributed by atoms with E-state index in [2.05, 4.69) is 37.3 Å². The summed E-state index contributed by atoms with van der Waals surface area (Å²) >= 11 is 0. The van der Waals surface area contributed by atoms with Crippen molar-refractivity contribution in [2.24, 2.45) is 0 Å². The Labute approximate surface area is 201 Å². The fourth-order valence-electron chi connectivity index (χ4n) is 5.24. The van der Waals surface area contributed by atoms with Crippen LogP contribution in [0.25, 0.3) is 21.9 Å². The highest BCUT2D eigenvalue weighted by Gasteiger charge is 2.36. The third-order valence-corrected chi connectivity index (χ3v) is 6.91. The molecule has 180 valence electrons. The Bertz CT molecular complexity index is 1390. The van der Waals surface area contributed by atoms with Gasteiger partial charge in [0.05, 0.1) is 24.7 Å². The van der Waals surface area contributed by atoms with E-state index in [4.69, 9.17) is 4.74 Å². The van der Waals surface area contributed by atoms with Gasteiger partial charge in [-0.05, 0) is 17.9 Å². The zero-order chi connectivity index (χ0) is 23.9. The van der Waals surface area contributed by atoms with Crippen molar-refractivity contribution in [3.8, 4) is 0 Å². The summed E-state index contributed by atoms with van der Waals surface area (Å²) in [5.74, 6) is 0.611. The Kier molecular flexibility index (Phi) is 5.56. The number of rotatable bonds is 6. The zero-order valence-electron chi connectivity index (χ0n) is 19.0. The van der Waals surface area contributed by atoms with Crippen molar-refractivity contribution in [2.75, 3.05) is 29.9 Å². The maximum atomic E-state index is 11.8. The van der Waals surface area contributed by atoms with Crippen molar-refractivity contribution < 1.29 is 19.7 Å². The van der Waals surface area contributed by atoms with Crippen LogP contribution in [0.1, 0.15) is 29.4 Å².